The van der Waals surface area contributed by atoms with Crippen molar-refractivity contribution in [2.75, 3.05) is 4.90 Å². The summed E-state index contributed by atoms with van der Waals surface area (Å²) < 4.78 is 0.639. The number of hydrogen-bond donors (Lipinski definition) is 8. The van der Waals surface area contributed by atoms with E-state index in [2.05, 4.69) is 15.9 Å². The van der Waals surface area contributed by atoms with Crippen molar-refractivity contribution in [3.8, 4) is 57.1 Å². The van der Waals surface area contributed by atoms with Crippen molar-refractivity contribution in [1.82, 2.24) is 0 Å². The molecule has 0 saturated carbocycles. The highest BCUT2D eigenvalue weighted by atomic mass is 79.9. The van der Waals surface area contributed by atoms with Crippen molar-refractivity contribution >= 4 is 33.0 Å². The van der Waals surface area contributed by atoms with Gasteiger partial charge in [-0.2, -0.15) is 0 Å². The number of halogens is 1. The molecule has 0 heterocycles. The Bertz CT molecular complexity index is 1460. The highest BCUT2D eigenvalue weighted by molar-refractivity contribution is 9.10. The number of aromatic hydroxyl groups is 8. The van der Waals surface area contributed by atoms with Gasteiger partial charge in [0.15, 0.2) is 23.0 Å². The molecule has 0 atom stereocenters. The summed E-state index contributed by atoms with van der Waals surface area (Å²) in [5.41, 5.74) is 0.505. The molecule has 0 radical (unpaired) electrons. The van der Waals surface area contributed by atoms with Gasteiger partial charge in [0.05, 0.1) is 11.3 Å². The Balaban J connectivity index is 2.15. The number of phenolic OH excluding ortho intramolecular Hbond substituents is 8. The van der Waals surface area contributed by atoms with Gasteiger partial charge in [0.2, 0.25) is 17.2 Å². The number of rotatable bonds is 4. The zero-order chi connectivity index (χ0) is 26.5. The van der Waals surface area contributed by atoms with Gasteiger partial charge in [-0.1, -0.05) is 40.2 Å². The van der Waals surface area contributed by atoms with E-state index in [4.69, 9.17) is 0 Å². The van der Waals surface area contributed by atoms with E-state index in [0.29, 0.717) is 15.7 Å². The average molecular weight is 556 g/mol. The van der Waals surface area contributed by atoms with Crippen molar-refractivity contribution in [2.24, 2.45) is 0 Å². The maximum absolute atomic E-state index is 11.1. The normalized spacial score (nSPS) is 11.0. The first-order valence-corrected chi connectivity index (χ1v) is 11.3. The molecule has 0 fully saturated rings. The fraction of sp³-hybridized carbons (Fsp3) is 0.0769. The van der Waals surface area contributed by atoms with Gasteiger partial charge in [0.1, 0.15) is 11.4 Å². The maximum Gasteiger partial charge on any atom is 0.208 e. The van der Waals surface area contributed by atoms with Crippen LogP contribution in [0.15, 0.2) is 53.0 Å². The molecule has 4 rings (SSSR count). The predicted molar refractivity (Wildman–Crippen MR) is 137 cm³/mol. The molecule has 9 nitrogen and oxygen atoms in total. The summed E-state index contributed by atoms with van der Waals surface area (Å²) in [6, 6.07) is 12.9. The molecule has 0 amide bonds. The molecular weight excluding hydrogens is 534 g/mol. The van der Waals surface area contributed by atoms with Gasteiger partial charge in [-0.05, 0) is 43.7 Å². The van der Waals surface area contributed by atoms with Crippen molar-refractivity contribution in [3.63, 3.8) is 0 Å². The van der Waals surface area contributed by atoms with Gasteiger partial charge in [-0.15, -0.1) is 0 Å². The third-order valence-corrected chi connectivity index (χ3v) is 6.51. The van der Waals surface area contributed by atoms with Gasteiger partial charge < -0.3 is 45.8 Å². The van der Waals surface area contributed by atoms with Crippen LogP contribution in [0.5, 0.6) is 46.0 Å². The third-order valence-electron chi connectivity index (χ3n) is 6.02. The molecule has 0 aromatic heterocycles. The largest absolute Gasteiger partial charge is 0.505 e. The van der Waals surface area contributed by atoms with Gasteiger partial charge in [-0.3, -0.25) is 0 Å². The van der Waals surface area contributed by atoms with Gasteiger partial charge >= 0.3 is 0 Å². The molecule has 36 heavy (non-hydrogen) atoms. The molecule has 0 spiro atoms. The molecular formula is C26H22BrNO8. The minimum atomic E-state index is -1.11. The molecule has 10 heteroatoms. The number of hydrogen-bond acceptors (Lipinski definition) is 9. The Hall–Kier alpha value is -4.44. The molecule has 186 valence electrons. The van der Waals surface area contributed by atoms with Crippen molar-refractivity contribution in [2.45, 2.75) is 13.8 Å². The number of benzene rings is 4. The first kappa shape index (κ1) is 24.7. The lowest BCUT2D eigenvalue weighted by Crippen LogP contribution is -2.12. The summed E-state index contributed by atoms with van der Waals surface area (Å²) in [6.45, 7) is 3.09. The minimum Gasteiger partial charge on any atom is -0.505 e. The summed E-state index contributed by atoms with van der Waals surface area (Å²) in [4.78, 5) is 1.37. The van der Waals surface area contributed by atoms with Crippen LogP contribution in [-0.4, -0.2) is 40.9 Å². The highest BCUT2D eigenvalue weighted by Gasteiger charge is 2.31. The van der Waals surface area contributed by atoms with Crippen LogP contribution in [0.3, 0.4) is 0 Å². The van der Waals surface area contributed by atoms with Crippen molar-refractivity contribution < 1.29 is 40.9 Å². The van der Waals surface area contributed by atoms with E-state index < -0.39 is 45.8 Å². The summed E-state index contributed by atoms with van der Waals surface area (Å²) in [7, 11) is 0. The molecule has 0 bridgehead atoms. The lowest BCUT2D eigenvalue weighted by Gasteiger charge is -2.30. The Labute approximate surface area is 213 Å². The second-order valence-corrected chi connectivity index (χ2v) is 9.01. The van der Waals surface area contributed by atoms with E-state index in [1.54, 1.807) is 43.3 Å². The summed E-state index contributed by atoms with van der Waals surface area (Å²) >= 11 is 3.39. The lowest BCUT2D eigenvalue weighted by molar-refractivity contribution is 0.330. The summed E-state index contributed by atoms with van der Waals surface area (Å²) in [6.07, 6.45) is 0. The van der Waals surface area contributed by atoms with Crippen LogP contribution < -0.4 is 4.90 Å². The predicted octanol–water partition coefficient (Wildman–Crippen LogP) is 5.85. The zero-order valence-electron chi connectivity index (χ0n) is 19.0. The van der Waals surface area contributed by atoms with Crippen molar-refractivity contribution in [3.05, 3.63) is 64.1 Å². The van der Waals surface area contributed by atoms with E-state index >= 15 is 0 Å². The van der Waals surface area contributed by atoms with Crippen LogP contribution in [0, 0.1) is 13.8 Å². The summed E-state index contributed by atoms with van der Waals surface area (Å²) in [5.74, 6) is -6.48. The third kappa shape index (κ3) is 3.72. The second kappa shape index (κ2) is 8.97. The molecule has 0 aliphatic heterocycles. The van der Waals surface area contributed by atoms with Gasteiger partial charge in [0, 0.05) is 21.3 Å². The monoisotopic (exact) mass is 555 g/mol. The Morgan fingerprint density at radius 3 is 1.75 bits per heavy atom. The average Bonchev–Trinajstić information content (AvgIpc) is 2.87. The minimum absolute atomic E-state index is 0.0367. The fourth-order valence-electron chi connectivity index (χ4n) is 3.97. The lowest BCUT2D eigenvalue weighted by atomic mass is 9.97. The summed E-state index contributed by atoms with van der Waals surface area (Å²) in [5, 5.41) is 84.0. The first-order chi connectivity index (χ1) is 17.0. The second-order valence-electron chi connectivity index (χ2n) is 8.09. The molecule has 0 unspecified atom stereocenters. The Kier molecular flexibility index (Phi) is 6.15. The number of phenols is 8. The quantitative estimate of drug-likeness (QED) is 0.114. The Morgan fingerprint density at radius 2 is 1.14 bits per heavy atom. The topological polar surface area (TPSA) is 165 Å². The van der Waals surface area contributed by atoms with Crippen LogP contribution >= 0.6 is 15.9 Å². The van der Waals surface area contributed by atoms with Gasteiger partial charge in [0.25, 0.3) is 0 Å². The van der Waals surface area contributed by atoms with E-state index in [1.807, 2.05) is 0 Å². The van der Waals surface area contributed by atoms with Crippen LogP contribution in [0.1, 0.15) is 11.1 Å². The van der Waals surface area contributed by atoms with Crippen LogP contribution in [0.4, 0.5) is 17.1 Å². The van der Waals surface area contributed by atoms with E-state index in [-0.39, 0.29) is 28.3 Å². The molecule has 0 aliphatic rings. The maximum atomic E-state index is 11.1. The molecule has 0 saturated heterocycles. The number of para-hydroxylation sites is 1. The van der Waals surface area contributed by atoms with Gasteiger partial charge in [-0.25, -0.2) is 0 Å². The van der Waals surface area contributed by atoms with E-state index in [1.165, 1.54) is 24.0 Å². The van der Waals surface area contributed by atoms with Crippen LogP contribution in [0.2, 0.25) is 0 Å². The molecule has 8 N–H and O–H groups in total. The van der Waals surface area contributed by atoms with Crippen LogP contribution in [0.25, 0.3) is 11.1 Å². The standard InChI is InChI=1S/C26H22BrNO8/c1-11-12(2)20(30)23(33)18(19(11)29)28(14-7-5-6-13(27)10-14)16-9-4-3-8-15(16)17-21(31)24(34)26(36)25(35)22(17)32/h3-10,29-36H,1-2H3. The Morgan fingerprint density at radius 1 is 0.583 bits per heavy atom. The number of nitrogens with zero attached hydrogens (tertiary/aromatic N) is 1. The SMILES string of the molecule is Cc1c(C)c(O)c(N(c2cccc(Br)c2)c2ccccc2-c2c(O)c(O)c(O)c(O)c2O)c(O)c1O. The smallest absolute Gasteiger partial charge is 0.208 e. The fourth-order valence-corrected chi connectivity index (χ4v) is 4.36. The highest BCUT2D eigenvalue weighted by Crippen LogP contribution is 2.58. The molecule has 4 aromatic rings. The first-order valence-electron chi connectivity index (χ1n) is 10.5. The van der Waals surface area contributed by atoms with Crippen molar-refractivity contribution in [1.29, 1.82) is 0 Å². The van der Waals surface area contributed by atoms with E-state index in [9.17, 15) is 40.9 Å². The van der Waals surface area contributed by atoms with E-state index in [0.717, 1.165) is 0 Å². The molecule has 0 aliphatic carbocycles. The van der Waals surface area contributed by atoms with Crippen LogP contribution in [-0.2, 0) is 0 Å². The zero-order valence-corrected chi connectivity index (χ0v) is 20.6. The molecule has 4 aromatic carbocycles. The number of anilines is 3.